The number of carbonyl (C=O) groups excluding carboxylic acids is 3. The summed E-state index contributed by atoms with van der Waals surface area (Å²) in [5.74, 6) is 5.39. The van der Waals surface area contributed by atoms with Crippen molar-refractivity contribution < 1.29 is 14.4 Å². The fraction of sp³-hybridized carbons (Fsp3) is 0.643. The molecule has 1 saturated heterocycles. The molecule has 1 saturated carbocycles. The predicted molar refractivity (Wildman–Crippen MR) is 83.7 cm³/mol. The van der Waals surface area contributed by atoms with Crippen molar-refractivity contribution in [1.82, 2.24) is 9.91 Å². The van der Waals surface area contributed by atoms with E-state index in [2.05, 4.69) is 9.98 Å². The monoisotopic (exact) mass is 339 g/mol. The van der Waals surface area contributed by atoms with Gasteiger partial charge in [-0.3, -0.25) is 25.1 Å². The van der Waals surface area contributed by atoms with Crippen molar-refractivity contribution in [3.63, 3.8) is 0 Å². The Balaban J connectivity index is 2.24. The quantitative estimate of drug-likeness (QED) is 0.577. The van der Waals surface area contributed by atoms with Gasteiger partial charge in [0.15, 0.2) is 29.1 Å². The number of hydrogen-bond donors (Lipinski definition) is 1. The molecule has 0 aromatic rings. The second kappa shape index (κ2) is 5.19. The van der Waals surface area contributed by atoms with Gasteiger partial charge in [0, 0.05) is 6.92 Å². The molecule has 2 aliphatic heterocycles. The van der Waals surface area contributed by atoms with Gasteiger partial charge in [-0.05, 0) is 44.2 Å². The molecule has 23 heavy (non-hydrogen) atoms. The maximum Gasteiger partial charge on any atom is 0.226 e. The number of amides is 1. The van der Waals surface area contributed by atoms with Gasteiger partial charge in [0.05, 0.1) is 6.04 Å². The molecule has 0 aromatic heterocycles. The Kier molecular flexibility index (Phi) is 3.66. The SMILES string of the molecule is CC(=O)C1N(C(C)=O)C2=NC(Cl)=NC2(C(C)=O)C(C2CC2)N1N. The van der Waals surface area contributed by atoms with Crippen LogP contribution in [0.5, 0.6) is 0 Å². The molecule has 1 aliphatic carbocycles. The zero-order valence-corrected chi connectivity index (χ0v) is 13.9. The summed E-state index contributed by atoms with van der Waals surface area (Å²) in [5.41, 5.74) is -1.43. The summed E-state index contributed by atoms with van der Waals surface area (Å²) in [4.78, 5) is 46.4. The normalized spacial score (nSPS) is 33.9. The number of rotatable bonds is 3. The maximum atomic E-state index is 12.5. The molecule has 0 aromatic carbocycles. The minimum atomic E-state index is -1.43. The molecule has 2 fully saturated rings. The van der Waals surface area contributed by atoms with Crippen molar-refractivity contribution >= 4 is 40.2 Å². The Morgan fingerprint density at radius 2 is 1.87 bits per heavy atom. The average Bonchev–Trinajstić information content (AvgIpc) is 3.18. The van der Waals surface area contributed by atoms with Crippen LogP contribution in [0.25, 0.3) is 0 Å². The maximum absolute atomic E-state index is 12.5. The van der Waals surface area contributed by atoms with Crippen LogP contribution in [0.1, 0.15) is 33.6 Å². The molecule has 3 atom stereocenters. The number of nitrogens with two attached hydrogens (primary N) is 1. The average molecular weight is 340 g/mol. The fourth-order valence-corrected chi connectivity index (χ4v) is 3.81. The van der Waals surface area contributed by atoms with Crippen LogP contribution in [0.15, 0.2) is 9.98 Å². The highest BCUT2D eigenvalue weighted by molar-refractivity contribution is 6.67. The molecule has 0 spiro atoms. The highest BCUT2D eigenvalue weighted by Gasteiger charge is 2.65. The van der Waals surface area contributed by atoms with E-state index in [0.29, 0.717) is 0 Å². The number of nitrogens with zero attached hydrogens (tertiary/aromatic N) is 4. The van der Waals surface area contributed by atoms with Crippen molar-refractivity contribution in [2.24, 2.45) is 21.7 Å². The van der Waals surface area contributed by atoms with Gasteiger partial charge in [0.2, 0.25) is 11.2 Å². The predicted octanol–water partition coefficient (Wildman–Crippen LogP) is 0.0526. The number of ketones is 2. The van der Waals surface area contributed by atoms with Crippen LogP contribution in [0.4, 0.5) is 0 Å². The number of fused-ring (bicyclic) bond motifs is 1. The van der Waals surface area contributed by atoms with Crippen molar-refractivity contribution in [2.45, 2.75) is 51.4 Å². The van der Waals surface area contributed by atoms with E-state index in [0.717, 1.165) is 17.7 Å². The second-order valence-electron chi connectivity index (χ2n) is 6.24. The van der Waals surface area contributed by atoms with E-state index in [1.165, 1.54) is 25.8 Å². The van der Waals surface area contributed by atoms with E-state index in [1.54, 1.807) is 0 Å². The number of halogens is 1. The molecule has 0 bridgehead atoms. The van der Waals surface area contributed by atoms with Gasteiger partial charge >= 0.3 is 0 Å². The largest absolute Gasteiger partial charge is 0.297 e. The summed E-state index contributed by atoms with van der Waals surface area (Å²) in [6.07, 6.45) is 0.735. The van der Waals surface area contributed by atoms with Gasteiger partial charge in [-0.25, -0.2) is 15.0 Å². The summed E-state index contributed by atoms with van der Waals surface area (Å²) in [6, 6.07) is -0.542. The lowest BCUT2D eigenvalue weighted by molar-refractivity contribution is -0.147. The molecule has 0 radical (unpaired) electrons. The third-order valence-electron chi connectivity index (χ3n) is 4.62. The smallest absolute Gasteiger partial charge is 0.226 e. The molecule has 2 heterocycles. The zero-order chi connectivity index (χ0) is 17.1. The standard InChI is InChI=1S/C14H18ClN5O3/c1-6(21)11-19(8(3)23)12-14(7(2)22,18-13(15)17-12)10(20(11)16)9-4-5-9/h9-11H,4-5,16H2,1-3H3. The zero-order valence-electron chi connectivity index (χ0n) is 13.1. The molecule has 3 unspecified atom stereocenters. The van der Waals surface area contributed by atoms with E-state index >= 15 is 0 Å². The molecule has 124 valence electrons. The summed E-state index contributed by atoms with van der Waals surface area (Å²) in [7, 11) is 0. The van der Waals surface area contributed by atoms with Gasteiger partial charge in [-0.2, -0.15) is 0 Å². The third kappa shape index (κ3) is 2.16. The number of carbonyl (C=O) groups is 3. The van der Waals surface area contributed by atoms with E-state index < -0.39 is 23.7 Å². The van der Waals surface area contributed by atoms with Crippen molar-refractivity contribution in [3.05, 3.63) is 0 Å². The van der Waals surface area contributed by atoms with E-state index in [9.17, 15) is 14.4 Å². The lowest BCUT2D eigenvalue weighted by atomic mass is 9.79. The summed E-state index contributed by atoms with van der Waals surface area (Å²) in [5, 5.41) is 1.19. The highest BCUT2D eigenvalue weighted by Crippen LogP contribution is 2.47. The first-order valence-electron chi connectivity index (χ1n) is 7.40. The Labute approximate surface area is 138 Å². The van der Waals surface area contributed by atoms with Crippen LogP contribution in [0.2, 0.25) is 0 Å². The van der Waals surface area contributed by atoms with Crippen molar-refractivity contribution in [2.75, 3.05) is 0 Å². The molecule has 1 amide bonds. The minimum Gasteiger partial charge on any atom is -0.297 e. The minimum absolute atomic E-state index is 0.107. The van der Waals surface area contributed by atoms with Crippen LogP contribution < -0.4 is 5.84 Å². The third-order valence-corrected chi connectivity index (χ3v) is 4.79. The molecular formula is C14H18ClN5O3. The first-order chi connectivity index (χ1) is 10.7. The Hall–Kier alpha value is -1.64. The van der Waals surface area contributed by atoms with Gasteiger partial charge in [0.1, 0.15) is 0 Å². The van der Waals surface area contributed by atoms with Crippen LogP contribution in [0.3, 0.4) is 0 Å². The molecule has 3 aliphatic rings. The first-order valence-corrected chi connectivity index (χ1v) is 7.78. The van der Waals surface area contributed by atoms with Crippen molar-refractivity contribution in [3.8, 4) is 0 Å². The van der Waals surface area contributed by atoms with Crippen LogP contribution in [0, 0.1) is 5.92 Å². The Morgan fingerprint density at radius 3 is 2.30 bits per heavy atom. The summed E-state index contributed by atoms with van der Waals surface area (Å²) < 4.78 is 0. The number of hydrogen-bond acceptors (Lipinski definition) is 7. The fourth-order valence-electron chi connectivity index (χ4n) is 3.60. The van der Waals surface area contributed by atoms with Crippen LogP contribution in [-0.4, -0.2) is 56.3 Å². The lowest BCUT2D eigenvalue weighted by Crippen LogP contribution is -2.77. The summed E-state index contributed by atoms with van der Waals surface area (Å²) in [6.45, 7) is 4.02. The van der Waals surface area contributed by atoms with Crippen molar-refractivity contribution in [1.29, 1.82) is 0 Å². The molecule has 3 rings (SSSR count). The Morgan fingerprint density at radius 1 is 1.26 bits per heavy atom. The van der Waals surface area contributed by atoms with E-state index in [-0.39, 0.29) is 28.6 Å². The topological polar surface area (TPSA) is 108 Å². The van der Waals surface area contributed by atoms with Gasteiger partial charge in [-0.15, -0.1) is 0 Å². The van der Waals surface area contributed by atoms with Crippen LogP contribution >= 0.6 is 11.6 Å². The summed E-state index contributed by atoms with van der Waals surface area (Å²) >= 11 is 5.98. The Bertz CT molecular complexity index is 671. The lowest BCUT2D eigenvalue weighted by Gasteiger charge is -2.51. The molecule has 9 heteroatoms. The van der Waals surface area contributed by atoms with Gasteiger partial charge < -0.3 is 0 Å². The van der Waals surface area contributed by atoms with Crippen LogP contribution in [-0.2, 0) is 14.4 Å². The van der Waals surface area contributed by atoms with Gasteiger partial charge in [0.25, 0.3) is 0 Å². The number of aliphatic imine (C=N–C) groups is 2. The number of amidine groups is 2. The van der Waals surface area contributed by atoms with E-state index in [4.69, 9.17) is 17.4 Å². The molecule has 8 nitrogen and oxygen atoms in total. The number of Topliss-reactive ketones (excluding diaryl/α,β-unsaturated/α-hetero) is 2. The van der Waals surface area contributed by atoms with E-state index in [1.807, 2.05) is 0 Å². The van der Waals surface area contributed by atoms with Gasteiger partial charge in [-0.1, -0.05) is 0 Å². The number of hydrazine groups is 1. The second-order valence-corrected chi connectivity index (χ2v) is 6.58. The molecule has 2 N–H and O–H groups in total. The molecular weight excluding hydrogens is 322 g/mol. The highest BCUT2D eigenvalue weighted by atomic mass is 35.5. The first kappa shape index (κ1) is 16.2.